The number of hydrogen-bond donors (Lipinski definition) is 0. The maximum absolute atomic E-state index is 11.2. The highest BCUT2D eigenvalue weighted by atomic mass is 35.5. The van der Waals surface area contributed by atoms with E-state index in [1.165, 1.54) is 6.07 Å². The molecule has 1 aliphatic rings. The first-order valence-corrected chi connectivity index (χ1v) is 6.35. The van der Waals surface area contributed by atoms with Crippen molar-refractivity contribution in [2.75, 3.05) is 0 Å². The summed E-state index contributed by atoms with van der Waals surface area (Å²) in [4.78, 5) is 10.8. The number of halogens is 1. The number of rotatable bonds is 2. The highest BCUT2D eigenvalue weighted by Crippen LogP contribution is 2.48. The molecule has 1 unspecified atom stereocenters. The van der Waals surface area contributed by atoms with Gasteiger partial charge in [-0.3, -0.25) is 10.1 Å². The van der Waals surface area contributed by atoms with Crippen molar-refractivity contribution < 1.29 is 14.2 Å². The monoisotopic (exact) mass is 283 g/mol. The Kier molecular flexibility index (Phi) is 3.37. The Morgan fingerprint density at radius 1 is 1.32 bits per heavy atom. The van der Waals surface area contributed by atoms with Gasteiger partial charge >= 0.3 is 7.12 Å². The summed E-state index contributed by atoms with van der Waals surface area (Å²) in [5.74, 6) is 0. The molecule has 0 saturated carbocycles. The minimum atomic E-state index is -0.903. The van der Waals surface area contributed by atoms with E-state index in [0.29, 0.717) is 10.6 Å². The fraction of sp³-hybridized carbons (Fsp3) is 0.500. The number of nitro groups is 1. The van der Waals surface area contributed by atoms with E-state index in [-0.39, 0.29) is 5.69 Å². The molecule has 1 heterocycles. The normalized spacial score (nSPS) is 25.6. The zero-order chi connectivity index (χ0) is 14.4. The Bertz CT molecular complexity index is 536. The third-order valence-electron chi connectivity index (χ3n) is 3.68. The maximum Gasteiger partial charge on any atom is 0.454 e. The van der Waals surface area contributed by atoms with Crippen molar-refractivity contribution in [3.63, 3.8) is 0 Å². The van der Waals surface area contributed by atoms with Crippen LogP contribution < -0.4 is 0 Å². The number of benzene rings is 1. The molecule has 0 aromatic heterocycles. The summed E-state index contributed by atoms with van der Waals surface area (Å²) in [6.45, 7) is 7.28. The minimum absolute atomic E-state index is 0.0548. The molecule has 19 heavy (non-hydrogen) atoms. The van der Waals surface area contributed by atoms with Crippen LogP contribution in [0.2, 0.25) is 11.8 Å². The minimum Gasteiger partial charge on any atom is -0.403 e. The quantitative estimate of drug-likeness (QED) is 0.474. The molecule has 1 saturated heterocycles. The Morgan fingerprint density at radius 2 is 1.95 bits per heavy atom. The van der Waals surface area contributed by atoms with Crippen molar-refractivity contribution >= 4 is 24.4 Å². The van der Waals surface area contributed by atoms with E-state index in [1.807, 2.05) is 13.8 Å². The molecule has 1 fully saturated rings. The highest BCUT2D eigenvalue weighted by Gasteiger charge is 2.55. The first-order chi connectivity index (χ1) is 8.67. The molecular formula is C12H15BClNO4. The smallest absolute Gasteiger partial charge is 0.403 e. The molecule has 0 amide bonds. The van der Waals surface area contributed by atoms with Crippen molar-refractivity contribution in [1.29, 1.82) is 0 Å². The second-order valence-electron chi connectivity index (χ2n) is 5.27. The van der Waals surface area contributed by atoms with Gasteiger partial charge in [-0.05, 0) is 39.7 Å². The van der Waals surface area contributed by atoms with Gasteiger partial charge in [0.2, 0.25) is 0 Å². The first-order valence-electron chi connectivity index (χ1n) is 5.97. The van der Waals surface area contributed by atoms with Crippen LogP contribution >= 0.6 is 11.6 Å². The molecule has 0 spiro atoms. The molecule has 0 radical (unpaired) electrons. The Hall–Kier alpha value is -1.11. The number of nitrogens with zero attached hydrogens (tertiary/aromatic N) is 1. The van der Waals surface area contributed by atoms with Gasteiger partial charge < -0.3 is 9.31 Å². The molecule has 2 rings (SSSR count). The van der Waals surface area contributed by atoms with Gasteiger partial charge in [0.25, 0.3) is 5.69 Å². The van der Waals surface area contributed by atoms with Crippen molar-refractivity contribution in [2.24, 2.45) is 0 Å². The summed E-state index contributed by atoms with van der Waals surface area (Å²) < 4.78 is 11.5. The second kappa shape index (κ2) is 4.47. The van der Waals surface area contributed by atoms with E-state index in [4.69, 9.17) is 20.9 Å². The average Bonchev–Trinajstić information content (AvgIpc) is 2.47. The predicted molar refractivity (Wildman–Crippen MR) is 73.3 cm³/mol. The SMILES string of the molecule is CB1OC(C)(C)C(C)(c2ccc(Cl)cc2[N+](=O)[O-])O1. The van der Waals surface area contributed by atoms with Gasteiger partial charge in [0, 0.05) is 11.1 Å². The Labute approximate surface area is 117 Å². The summed E-state index contributed by atoms with van der Waals surface area (Å²) in [6.07, 6.45) is 0. The molecule has 0 N–H and O–H groups in total. The molecule has 7 heteroatoms. The summed E-state index contributed by atoms with van der Waals surface area (Å²) in [5, 5.41) is 11.5. The first kappa shape index (κ1) is 14.3. The largest absolute Gasteiger partial charge is 0.454 e. The second-order valence-corrected chi connectivity index (χ2v) is 5.70. The van der Waals surface area contributed by atoms with Crippen LogP contribution in [0.25, 0.3) is 0 Å². The fourth-order valence-corrected chi connectivity index (χ4v) is 2.64. The van der Waals surface area contributed by atoms with Crippen LogP contribution in [0.5, 0.6) is 0 Å². The van der Waals surface area contributed by atoms with E-state index >= 15 is 0 Å². The van der Waals surface area contributed by atoms with Crippen LogP contribution in [0.1, 0.15) is 26.3 Å². The van der Waals surface area contributed by atoms with E-state index < -0.39 is 23.2 Å². The maximum atomic E-state index is 11.2. The van der Waals surface area contributed by atoms with Gasteiger partial charge in [0.1, 0.15) is 5.60 Å². The van der Waals surface area contributed by atoms with Crippen molar-refractivity contribution in [3.05, 3.63) is 38.9 Å². The zero-order valence-corrected chi connectivity index (χ0v) is 12.0. The molecule has 1 aromatic carbocycles. The number of nitro benzene ring substituents is 1. The lowest BCUT2D eigenvalue weighted by Gasteiger charge is -2.36. The van der Waals surface area contributed by atoms with Gasteiger partial charge in [-0.15, -0.1) is 0 Å². The average molecular weight is 284 g/mol. The summed E-state index contributed by atoms with van der Waals surface area (Å²) in [6, 6.07) is 4.59. The molecule has 0 aliphatic carbocycles. The van der Waals surface area contributed by atoms with Gasteiger partial charge in [-0.25, -0.2) is 0 Å². The van der Waals surface area contributed by atoms with Gasteiger partial charge in [-0.1, -0.05) is 11.6 Å². The van der Waals surface area contributed by atoms with Gasteiger partial charge in [0.15, 0.2) is 0 Å². The molecular weight excluding hydrogens is 268 g/mol. The summed E-state index contributed by atoms with van der Waals surface area (Å²) >= 11 is 5.84. The zero-order valence-electron chi connectivity index (χ0n) is 11.3. The summed E-state index contributed by atoms with van der Waals surface area (Å²) in [5.41, 5.74) is -1.17. The topological polar surface area (TPSA) is 61.6 Å². The molecule has 0 bridgehead atoms. The van der Waals surface area contributed by atoms with Crippen LogP contribution in [-0.2, 0) is 14.9 Å². The number of hydrogen-bond acceptors (Lipinski definition) is 4. The third-order valence-corrected chi connectivity index (χ3v) is 3.92. The van der Waals surface area contributed by atoms with Crippen LogP contribution in [0.4, 0.5) is 5.69 Å². The molecule has 1 aromatic rings. The van der Waals surface area contributed by atoms with Gasteiger partial charge in [-0.2, -0.15) is 0 Å². The summed E-state index contributed by atoms with van der Waals surface area (Å²) in [7, 11) is -0.421. The third kappa shape index (κ3) is 2.24. The molecule has 1 aliphatic heterocycles. The Balaban J connectivity index is 2.61. The van der Waals surface area contributed by atoms with Crippen LogP contribution in [0.15, 0.2) is 18.2 Å². The predicted octanol–water partition coefficient (Wildman–Crippen LogP) is 3.41. The highest BCUT2D eigenvalue weighted by molar-refractivity contribution is 6.43. The standard InChI is InChI=1S/C12H15BClNO4/c1-11(2)12(3,19-13(4)18-11)9-6-5-8(14)7-10(9)15(16)17/h5-7H,1-4H3. The van der Waals surface area contributed by atoms with Crippen LogP contribution in [0, 0.1) is 10.1 Å². The molecule has 102 valence electrons. The fourth-order valence-electron chi connectivity index (χ4n) is 2.47. The van der Waals surface area contributed by atoms with Crippen molar-refractivity contribution in [2.45, 2.75) is 38.8 Å². The molecule has 5 nitrogen and oxygen atoms in total. The Morgan fingerprint density at radius 3 is 2.42 bits per heavy atom. The van der Waals surface area contributed by atoms with Crippen LogP contribution in [-0.4, -0.2) is 17.6 Å². The van der Waals surface area contributed by atoms with E-state index in [9.17, 15) is 10.1 Å². The van der Waals surface area contributed by atoms with E-state index in [2.05, 4.69) is 0 Å². The van der Waals surface area contributed by atoms with Gasteiger partial charge in [0.05, 0.1) is 16.1 Å². The lowest BCUT2D eigenvalue weighted by Crippen LogP contribution is -2.42. The van der Waals surface area contributed by atoms with Crippen LogP contribution in [0.3, 0.4) is 0 Å². The van der Waals surface area contributed by atoms with E-state index in [0.717, 1.165) is 0 Å². The van der Waals surface area contributed by atoms with E-state index in [1.54, 1.807) is 25.9 Å². The lowest BCUT2D eigenvalue weighted by atomic mass is 9.80. The molecule has 1 atom stereocenters. The lowest BCUT2D eigenvalue weighted by molar-refractivity contribution is -0.386. The van der Waals surface area contributed by atoms with Crippen molar-refractivity contribution in [3.8, 4) is 0 Å². The van der Waals surface area contributed by atoms with Crippen molar-refractivity contribution in [1.82, 2.24) is 0 Å².